The van der Waals surface area contributed by atoms with Crippen molar-refractivity contribution in [3.8, 4) is 0 Å². The average molecular weight is 400 g/mol. The highest BCUT2D eigenvalue weighted by Crippen LogP contribution is 2.18. The zero-order valence-electron chi connectivity index (χ0n) is 14.0. The maximum absolute atomic E-state index is 12.2. The minimum atomic E-state index is -0.948. The Kier molecular flexibility index (Phi) is 5.82. The van der Waals surface area contributed by atoms with E-state index in [2.05, 4.69) is 20.9 Å². The molecule has 1 fully saturated rings. The fraction of sp³-hybridized carbons (Fsp3) is 0.562. The number of halogens is 1. The summed E-state index contributed by atoms with van der Waals surface area (Å²) in [5.41, 5.74) is 0.366. The van der Waals surface area contributed by atoms with E-state index in [1.165, 1.54) is 4.90 Å². The summed E-state index contributed by atoms with van der Waals surface area (Å²) in [6.07, 6.45) is 1.20. The third kappa shape index (κ3) is 5.17. The minimum Gasteiger partial charge on any atom is -0.480 e. The maximum Gasteiger partial charge on any atom is 0.410 e. The Morgan fingerprint density at radius 3 is 2.71 bits per heavy atom. The van der Waals surface area contributed by atoms with Crippen LogP contribution in [0.1, 0.15) is 26.3 Å². The van der Waals surface area contributed by atoms with Gasteiger partial charge in [0, 0.05) is 25.8 Å². The van der Waals surface area contributed by atoms with Crippen molar-refractivity contribution in [2.45, 2.75) is 39.0 Å². The molecule has 7 nitrogen and oxygen atoms in total. The third-order valence-corrected chi connectivity index (χ3v) is 4.04. The minimum absolute atomic E-state index is 0.108. The lowest BCUT2D eigenvalue weighted by Crippen LogP contribution is -2.57. The van der Waals surface area contributed by atoms with Gasteiger partial charge in [-0.25, -0.2) is 9.78 Å². The van der Waals surface area contributed by atoms with E-state index in [1.54, 1.807) is 27.0 Å². The molecule has 132 valence electrons. The molecule has 0 spiro atoms. The second-order valence-electron chi connectivity index (χ2n) is 6.74. The number of ether oxygens (including phenoxy) is 1. The summed E-state index contributed by atoms with van der Waals surface area (Å²) in [7, 11) is 0. The molecule has 1 amide bonds. The molecule has 0 bridgehead atoms. The van der Waals surface area contributed by atoms with Crippen LogP contribution in [0.25, 0.3) is 0 Å². The number of hydrogen-bond acceptors (Lipinski definition) is 5. The van der Waals surface area contributed by atoms with Crippen molar-refractivity contribution < 1.29 is 19.4 Å². The van der Waals surface area contributed by atoms with E-state index >= 15 is 0 Å². The Bertz CT molecular complexity index is 618. The lowest BCUT2D eigenvalue weighted by Gasteiger charge is -2.39. The smallest absolute Gasteiger partial charge is 0.410 e. The molecule has 1 saturated heterocycles. The summed E-state index contributed by atoms with van der Waals surface area (Å²) in [6, 6.07) is 2.95. The molecule has 1 aliphatic rings. The van der Waals surface area contributed by atoms with E-state index in [1.807, 2.05) is 17.0 Å². The first kappa shape index (κ1) is 18.7. The second-order valence-corrected chi connectivity index (χ2v) is 7.55. The fourth-order valence-corrected chi connectivity index (χ4v) is 2.92. The Morgan fingerprint density at radius 1 is 1.42 bits per heavy atom. The number of piperazine rings is 1. The van der Waals surface area contributed by atoms with Gasteiger partial charge in [0.15, 0.2) is 0 Å². The van der Waals surface area contributed by atoms with Crippen LogP contribution in [0.15, 0.2) is 22.9 Å². The lowest BCUT2D eigenvalue weighted by molar-refractivity contribution is -0.145. The van der Waals surface area contributed by atoms with Crippen LogP contribution in [0.3, 0.4) is 0 Å². The van der Waals surface area contributed by atoms with Gasteiger partial charge in [0.25, 0.3) is 0 Å². The predicted octanol–water partition coefficient (Wildman–Crippen LogP) is 2.35. The van der Waals surface area contributed by atoms with E-state index in [9.17, 15) is 14.7 Å². The molecule has 0 aromatic carbocycles. The fourth-order valence-electron chi connectivity index (χ4n) is 2.51. The summed E-state index contributed by atoms with van der Waals surface area (Å²) in [6.45, 7) is 6.86. The highest BCUT2D eigenvalue weighted by Gasteiger charge is 2.35. The zero-order chi connectivity index (χ0) is 17.9. The van der Waals surface area contributed by atoms with Gasteiger partial charge in [-0.1, -0.05) is 0 Å². The highest BCUT2D eigenvalue weighted by molar-refractivity contribution is 9.10. The first-order valence-electron chi connectivity index (χ1n) is 7.71. The van der Waals surface area contributed by atoms with Crippen LogP contribution in [-0.4, -0.2) is 63.2 Å². The number of carbonyl (C=O) groups excluding carboxylic acids is 1. The van der Waals surface area contributed by atoms with Crippen LogP contribution in [-0.2, 0) is 16.1 Å². The average Bonchev–Trinajstić information content (AvgIpc) is 2.45. The number of aromatic nitrogens is 1. The molecule has 24 heavy (non-hydrogen) atoms. The van der Waals surface area contributed by atoms with Crippen molar-refractivity contribution in [3.05, 3.63) is 28.5 Å². The number of hydrogen-bond donors (Lipinski definition) is 1. The standard InChI is InChI=1S/C16H22BrN3O4/c1-16(2,3)24-15(23)20-7-6-19(12(10-20)14(21)22)9-11-4-5-18-13(17)8-11/h4-5,8,12H,6-7,9-10H2,1-3H3,(H,21,22)/t12-/m0/s1. The predicted molar refractivity (Wildman–Crippen MR) is 91.6 cm³/mol. The zero-order valence-corrected chi connectivity index (χ0v) is 15.6. The molecule has 1 aromatic rings. The summed E-state index contributed by atoms with van der Waals surface area (Å²) >= 11 is 3.31. The monoisotopic (exact) mass is 399 g/mol. The number of carboxylic acid groups (broad SMARTS) is 1. The van der Waals surface area contributed by atoms with Gasteiger partial charge in [-0.2, -0.15) is 0 Å². The second kappa shape index (κ2) is 7.48. The van der Waals surface area contributed by atoms with Crippen molar-refractivity contribution in [2.24, 2.45) is 0 Å². The van der Waals surface area contributed by atoms with Gasteiger partial charge < -0.3 is 14.7 Å². The molecule has 1 N–H and O–H groups in total. The van der Waals surface area contributed by atoms with Gasteiger partial charge in [0.1, 0.15) is 16.2 Å². The van der Waals surface area contributed by atoms with Crippen molar-refractivity contribution in [3.63, 3.8) is 0 Å². The number of carboxylic acids is 1. The van der Waals surface area contributed by atoms with Crippen LogP contribution in [0, 0.1) is 0 Å². The molecule has 0 saturated carbocycles. The Labute approximate surface area is 149 Å². The third-order valence-electron chi connectivity index (χ3n) is 3.60. The Morgan fingerprint density at radius 2 is 2.12 bits per heavy atom. The molecule has 1 aliphatic heterocycles. The SMILES string of the molecule is CC(C)(C)OC(=O)N1CCN(Cc2ccnc(Br)c2)[C@H](C(=O)O)C1. The van der Waals surface area contributed by atoms with Gasteiger partial charge in [-0.15, -0.1) is 0 Å². The van der Waals surface area contributed by atoms with Crippen LogP contribution in [0.2, 0.25) is 0 Å². The molecule has 8 heteroatoms. The van der Waals surface area contributed by atoms with Gasteiger partial charge in [0.2, 0.25) is 0 Å². The number of carbonyl (C=O) groups is 2. The molecule has 2 heterocycles. The van der Waals surface area contributed by atoms with Crippen molar-refractivity contribution in [1.82, 2.24) is 14.8 Å². The first-order chi connectivity index (χ1) is 11.2. The van der Waals surface area contributed by atoms with E-state index in [0.29, 0.717) is 24.2 Å². The topological polar surface area (TPSA) is 83.0 Å². The number of aliphatic carboxylic acids is 1. The van der Waals surface area contributed by atoms with Crippen molar-refractivity contribution >= 4 is 28.0 Å². The molecular formula is C16H22BrN3O4. The lowest BCUT2D eigenvalue weighted by atomic mass is 10.1. The molecule has 1 atom stereocenters. The van der Waals surface area contributed by atoms with E-state index in [-0.39, 0.29) is 6.54 Å². The Balaban J connectivity index is 2.05. The maximum atomic E-state index is 12.2. The van der Waals surface area contributed by atoms with Gasteiger partial charge in [-0.3, -0.25) is 9.69 Å². The summed E-state index contributed by atoms with van der Waals surface area (Å²) in [5.74, 6) is -0.948. The normalized spacial score (nSPS) is 19.2. The molecule has 1 aromatic heterocycles. The van der Waals surface area contributed by atoms with Gasteiger partial charge in [0.05, 0.1) is 6.54 Å². The van der Waals surface area contributed by atoms with E-state index in [4.69, 9.17) is 4.74 Å². The molecule has 0 aliphatic carbocycles. The summed E-state index contributed by atoms with van der Waals surface area (Å²) in [4.78, 5) is 31.2. The van der Waals surface area contributed by atoms with Crippen LogP contribution in [0.4, 0.5) is 4.79 Å². The van der Waals surface area contributed by atoms with Crippen molar-refractivity contribution in [1.29, 1.82) is 0 Å². The van der Waals surface area contributed by atoms with Crippen LogP contribution in [0.5, 0.6) is 0 Å². The highest BCUT2D eigenvalue weighted by atomic mass is 79.9. The Hall–Kier alpha value is -1.67. The van der Waals surface area contributed by atoms with Gasteiger partial charge >= 0.3 is 12.1 Å². The largest absolute Gasteiger partial charge is 0.480 e. The van der Waals surface area contributed by atoms with Crippen LogP contribution >= 0.6 is 15.9 Å². The number of nitrogens with zero attached hydrogens (tertiary/aromatic N) is 3. The number of rotatable bonds is 3. The number of pyridine rings is 1. The molecule has 0 unspecified atom stereocenters. The molecular weight excluding hydrogens is 378 g/mol. The first-order valence-corrected chi connectivity index (χ1v) is 8.50. The van der Waals surface area contributed by atoms with Gasteiger partial charge in [-0.05, 0) is 54.4 Å². The molecule has 2 rings (SSSR count). The van der Waals surface area contributed by atoms with E-state index < -0.39 is 23.7 Å². The van der Waals surface area contributed by atoms with Crippen molar-refractivity contribution in [2.75, 3.05) is 19.6 Å². The quantitative estimate of drug-likeness (QED) is 0.785. The number of amides is 1. The van der Waals surface area contributed by atoms with Crippen LogP contribution < -0.4 is 0 Å². The summed E-state index contributed by atoms with van der Waals surface area (Å²) in [5, 5.41) is 9.53. The summed E-state index contributed by atoms with van der Waals surface area (Å²) < 4.78 is 6.04. The van der Waals surface area contributed by atoms with E-state index in [0.717, 1.165) is 5.56 Å². The molecule has 0 radical (unpaired) electrons.